The maximum atomic E-state index is 11.4. The van der Waals surface area contributed by atoms with E-state index in [1.165, 1.54) is 11.1 Å². The zero-order chi connectivity index (χ0) is 10.8. The van der Waals surface area contributed by atoms with Gasteiger partial charge in [0.25, 0.3) is 0 Å². The Morgan fingerprint density at radius 2 is 2.33 bits per heavy atom. The number of allylic oxidation sites excluding steroid dienone is 2. The molecule has 1 aromatic heterocycles. The first-order valence-corrected chi connectivity index (χ1v) is 6.34. The van der Waals surface area contributed by atoms with Crippen LogP contribution < -0.4 is 0 Å². The van der Waals surface area contributed by atoms with Crippen LogP contribution in [0.3, 0.4) is 0 Å². The first-order chi connectivity index (χ1) is 7.13. The molecule has 1 aromatic rings. The molecule has 0 N–H and O–H groups in total. The van der Waals surface area contributed by atoms with Crippen LogP contribution in [0, 0.1) is 5.92 Å². The Labute approximate surface area is 98.8 Å². The largest absolute Gasteiger partial charge is 0.295 e. The lowest BCUT2D eigenvalue weighted by atomic mass is 9.87. The van der Waals surface area contributed by atoms with Crippen LogP contribution in [-0.2, 0) is 11.2 Å². The summed E-state index contributed by atoms with van der Waals surface area (Å²) in [5, 5.41) is 2.06. The third-order valence-corrected chi connectivity index (χ3v) is 3.72. The quantitative estimate of drug-likeness (QED) is 0.767. The SMILES string of the molecule is CC1CC(=O)C=C(Cc2csc(Cl)c2)C1. The number of ketones is 1. The molecule has 1 atom stereocenters. The second-order valence-corrected chi connectivity index (χ2v) is 5.76. The van der Waals surface area contributed by atoms with Crippen molar-refractivity contribution in [3.8, 4) is 0 Å². The fraction of sp³-hybridized carbons (Fsp3) is 0.417. The highest BCUT2D eigenvalue weighted by molar-refractivity contribution is 7.14. The molecule has 0 spiro atoms. The van der Waals surface area contributed by atoms with Crippen molar-refractivity contribution in [3.05, 3.63) is 33.0 Å². The molecule has 15 heavy (non-hydrogen) atoms. The van der Waals surface area contributed by atoms with E-state index in [9.17, 15) is 4.79 Å². The molecule has 80 valence electrons. The van der Waals surface area contributed by atoms with E-state index in [4.69, 9.17) is 11.6 Å². The molecule has 1 nitrogen and oxygen atoms in total. The van der Waals surface area contributed by atoms with Crippen molar-refractivity contribution in [1.29, 1.82) is 0 Å². The molecule has 1 unspecified atom stereocenters. The molecular formula is C12H13ClOS. The highest BCUT2D eigenvalue weighted by Crippen LogP contribution is 2.27. The van der Waals surface area contributed by atoms with Gasteiger partial charge in [-0.1, -0.05) is 24.1 Å². The van der Waals surface area contributed by atoms with E-state index >= 15 is 0 Å². The van der Waals surface area contributed by atoms with E-state index in [0.717, 1.165) is 17.2 Å². The van der Waals surface area contributed by atoms with Gasteiger partial charge in [-0.3, -0.25) is 4.79 Å². The standard InChI is InChI=1S/C12H13ClOS/c1-8-2-9(5-11(14)3-8)4-10-6-12(13)15-7-10/h5-8H,2-4H2,1H3. The number of rotatable bonds is 2. The lowest BCUT2D eigenvalue weighted by Crippen LogP contribution is -2.12. The molecule has 0 aromatic carbocycles. The molecule has 3 heteroatoms. The van der Waals surface area contributed by atoms with Crippen molar-refractivity contribution in [2.75, 3.05) is 0 Å². The molecule has 0 radical (unpaired) electrons. The second-order valence-electron chi connectivity index (χ2n) is 4.22. The van der Waals surface area contributed by atoms with Gasteiger partial charge in [-0.2, -0.15) is 0 Å². The molecule has 1 aliphatic carbocycles. The lowest BCUT2D eigenvalue weighted by molar-refractivity contribution is -0.115. The summed E-state index contributed by atoms with van der Waals surface area (Å²) in [5.74, 6) is 0.761. The summed E-state index contributed by atoms with van der Waals surface area (Å²) in [6, 6.07) is 1.98. The van der Waals surface area contributed by atoms with Crippen LogP contribution in [0.4, 0.5) is 0 Å². The zero-order valence-corrected chi connectivity index (χ0v) is 10.2. The van der Waals surface area contributed by atoms with Crippen molar-refractivity contribution in [3.63, 3.8) is 0 Å². The van der Waals surface area contributed by atoms with Gasteiger partial charge in [0, 0.05) is 6.42 Å². The van der Waals surface area contributed by atoms with Gasteiger partial charge in [-0.05, 0) is 41.8 Å². The normalized spacial score (nSPS) is 21.6. The van der Waals surface area contributed by atoms with Crippen LogP contribution in [0.5, 0.6) is 0 Å². The first kappa shape index (κ1) is 10.9. The van der Waals surface area contributed by atoms with Gasteiger partial charge in [0.1, 0.15) is 0 Å². The summed E-state index contributed by atoms with van der Waals surface area (Å²) in [7, 11) is 0. The molecule has 1 aliphatic rings. The Morgan fingerprint density at radius 1 is 1.53 bits per heavy atom. The van der Waals surface area contributed by atoms with Crippen molar-refractivity contribution in [2.24, 2.45) is 5.92 Å². The van der Waals surface area contributed by atoms with Crippen LogP contribution in [0.2, 0.25) is 4.34 Å². The predicted octanol–water partition coefficient (Wildman–Crippen LogP) is 3.87. The number of hydrogen-bond donors (Lipinski definition) is 0. The van der Waals surface area contributed by atoms with E-state index in [1.807, 2.05) is 12.1 Å². The van der Waals surface area contributed by atoms with Crippen LogP contribution in [-0.4, -0.2) is 5.78 Å². The molecule has 0 amide bonds. The van der Waals surface area contributed by atoms with Gasteiger partial charge in [-0.25, -0.2) is 0 Å². The Balaban J connectivity index is 2.09. The maximum absolute atomic E-state index is 11.4. The molecule has 0 saturated heterocycles. The average molecular weight is 241 g/mol. The predicted molar refractivity (Wildman–Crippen MR) is 64.5 cm³/mol. The molecule has 1 heterocycles. The summed E-state index contributed by atoms with van der Waals surface area (Å²) < 4.78 is 0.820. The number of carbonyl (C=O) groups excluding carboxylic acids is 1. The van der Waals surface area contributed by atoms with Gasteiger partial charge < -0.3 is 0 Å². The van der Waals surface area contributed by atoms with Crippen molar-refractivity contribution < 1.29 is 4.79 Å². The third-order valence-electron chi connectivity index (χ3n) is 2.58. The summed E-state index contributed by atoms with van der Waals surface area (Å²) in [6.45, 7) is 2.13. The molecule has 0 aliphatic heterocycles. The topological polar surface area (TPSA) is 17.1 Å². The monoisotopic (exact) mass is 240 g/mol. The fourth-order valence-electron chi connectivity index (χ4n) is 2.03. The molecule has 0 bridgehead atoms. The molecule has 0 saturated carbocycles. The van der Waals surface area contributed by atoms with Gasteiger partial charge in [0.2, 0.25) is 0 Å². The Morgan fingerprint density at radius 3 is 2.93 bits per heavy atom. The van der Waals surface area contributed by atoms with Crippen molar-refractivity contribution in [1.82, 2.24) is 0 Å². The highest BCUT2D eigenvalue weighted by atomic mass is 35.5. The number of halogens is 1. The molecule has 0 fully saturated rings. The summed E-state index contributed by atoms with van der Waals surface area (Å²) in [4.78, 5) is 11.4. The zero-order valence-electron chi connectivity index (χ0n) is 8.63. The maximum Gasteiger partial charge on any atom is 0.155 e. The van der Waals surface area contributed by atoms with Crippen LogP contribution in [0.15, 0.2) is 23.1 Å². The lowest BCUT2D eigenvalue weighted by Gasteiger charge is -2.17. The number of thiophene rings is 1. The van der Waals surface area contributed by atoms with Crippen LogP contribution in [0.1, 0.15) is 25.3 Å². The van der Waals surface area contributed by atoms with Crippen LogP contribution in [0.25, 0.3) is 0 Å². The molecular weight excluding hydrogens is 228 g/mol. The minimum Gasteiger partial charge on any atom is -0.295 e. The molecule has 2 rings (SSSR count). The summed E-state index contributed by atoms with van der Waals surface area (Å²) in [5.41, 5.74) is 2.46. The van der Waals surface area contributed by atoms with Gasteiger partial charge >= 0.3 is 0 Å². The van der Waals surface area contributed by atoms with E-state index < -0.39 is 0 Å². The smallest absolute Gasteiger partial charge is 0.155 e. The summed E-state index contributed by atoms with van der Waals surface area (Å²) in [6.07, 6.45) is 4.43. The third kappa shape index (κ3) is 2.93. The van der Waals surface area contributed by atoms with Crippen molar-refractivity contribution >= 4 is 28.7 Å². The van der Waals surface area contributed by atoms with E-state index in [-0.39, 0.29) is 5.78 Å². The van der Waals surface area contributed by atoms with Crippen molar-refractivity contribution in [2.45, 2.75) is 26.2 Å². The van der Waals surface area contributed by atoms with E-state index in [0.29, 0.717) is 12.3 Å². The minimum atomic E-state index is 0.269. The first-order valence-electron chi connectivity index (χ1n) is 5.08. The Hall–Kier alpha value is -0.600. The Bertz CT molecular complexity index is 406. The van der Waals surface area contributed by atoms with E-state index in [1.54, 1.807) is 11.3 Å². The number of carbonyl (C=O) groups is 1. The highest BCUT2D eigenvalue weighted by Gasteiger charge is 2.17. The van der Waals surface area contributed by atoms with Gasteiger partial charge in [-0.15, -0.1) is 11.3 Å². The van der Waals surface area contributed by atoms with Crippen LogP contribution >= 0.6 is 22.9 Å². The second kappa shape index (κ2) is 4.50. The van der Waals surface area contributed by atoms with Gasteiger partial charge in [0.05, 0.1) is 4.34 Å². The fourth-order valence-corrected chi connectivity index (χ4v) is 2.94. The summed E-state index contributed by atoms with van der Waals surface area (Å²) >= 11 is 7.42. The number of hydrogen-bond acceptors (Lipinski definition) is 2. The van der Waals surface area contributed by atoms with Gasteiger partial charge in [0.15, 0.2) is 5.78 Å². The average Bonchev–Trinajstić information content (AvgIpc) is 2.49. The minimum absolute atomic E-state index is 0.269. The van der Waals surface area contributed by atoms with E-state index in [2.05, 4.69) is 12.3 Å². The Kier molecular flexibility index (Phi) is 3.27.